The number of rotatable bonds is 0. The molecule has 1 atom stereocenters. The molecule has 0 spiro atoms. The summed E-state index contributed by atoms with van der Waals surface area (Å²) < 4.78 is 7.99. The minimum absolute atomic E-state index is 2.16. The molecule has 1 unspecified atom stereocenters. The molecule has 0 fully saturated rings. The molecule has 0 aromatic carbocycles. The zero-order valence-corrected chi connectivity index (χ0v) is 4.93. The van der Waals surface area contributed by atoms with Crippen molar-refractivity contribution in [2.75, 3.05) is 0 Å². The van der Waals surface area contributed by atoms with Crippen LogP contribution >= 0.6 is 6.72 Å². The summed E-state index contributed by atoms with van der Waals surface area (Å²) in [5, 5.41) is 4.45. The summed E-state index contributed by atoms with van der Waals surface area (Å²) in [4.78, 5) is 23.9. The smallest absolute Gasteiger partial charge is 0.316 e. The maximum atomic E-state index is 7.99. The van der Waals surface area contributed by atoms with Gasteiger partial charge in [-0.05, 0) is 0 Å². The second-order valence-electron chi connectivity index (χ2n) is 0.806. The molecule has 7 heavy (non-hydrogen) atoms. The maximum Gasteiger partial charge on any atom is 0.316 e. The molecule has 0 saturated carbocycles. The van der Waals surface area contributed by atoms with Crippen LogP contribution < -0.4 is 5.14 Å². The van der Waals surface area contributed by atoms with Crippen molar-refractivity contribution in [2.24, 2.45) is 5.14 Å². The van der Waals surface area contributed by atoms with Gasteiger partial charge < -0.3 is 19.2 Å². The van der Waals surface area contributed by atoms with E-state index in [1.54, 1.807) is 0 Å². The third kappa shape index (κ3) is 3.19. The van der Waals surface area contributed by atoms with Crippen molar-refractivity contribution in [3.63, 3.8) is 0 Å². The van der Waals surface area contributed by atoms with Gasteiger partial charge in [0.25, 0.3) is 0 Å². The predicted molar refractivity (Wildman–Crippen MR) is 27.8 cm³/mol. The van der Waals surface area contributed by atoms with Gasteiger partial charge in [0.15, 0.2) is 0 Å². The zero-order valence-electron chi connectivity index (χ0n) is 3.22. The lowest BCUT2D eigenvalue weighted by molar-refractivity contribution is 0.360. The van der Waals surface area contributed by atoms with Crippen LogP contribution in [0, 0.1) is 0 Å². The van der Waals surface area contributed by atoms with E-state index < -0.39 is 17.3 Å². The van der Waals surface area contributed by atoms with Crippen LogP contribution in [0.4, 0.5) is 0 Å². The van der Waals surface area contributed by atoms with E-state index in [4.69, 9.17) is 19.2 Å². The third-order valence-electron chi connectivity index (χ3n) is 0.251. The Bertz CT molecular complexity index is 101. The fourth-order valence-corrected chi connectivity index (χ4v) is 0. The molecule has 0 rings (SSSR count). The molecule has 0 aromatic rings. The largest absolute Gasteiger partial charge is 0.326 e. The Morgan fingerprint density at radius 3 is 1.43 bits per heavy atom. The van der Waals surface area contributed by atoms with E-state index in [-0.39, 0.29) is 0 Å². The molecule has 0 heterocycles. The lowest BCUT2D eigenvalue weighted by atomic mass is 14.0. The molecule has 0 bridgehead atoms. The summed E-state index contributed by atoms with van der Waals surface area (Å²) in [6.07, 6.45) is 0. The highest BCUT2D eigenvalue weighted by Crippen LogP contribution is 2.32. The fraction of sp³-hybridized carbons (Fsp3) is 0. The van der Waals surface area contributed by atoms with Crippen molar-refractivity contribution in [3.8, 4) is 0 Å². The van der Waals surface area contributed by atoms with Crippen molar-refractivity contribution < 1.29 is 19.2 Å². The van der Waals surface area contributed by atoms with Gasteiger partial charge in [0.05, 0.1) is 10.5 Å². The van der Waals surface area contributed by atoms with Crippen molar-refractivity contribution in [1.29, 1.82) is 0 Å². The van der Waals surface area contributed by atoms with E-state index in [1.165, 1.54) is 0 Å². The Balaban J connectivity index is 4.28. The van der Waals surface area contributed by atoms with Gasteiger partial charge in [0.1, 0.15) is 0 Å². The molecular formula is H6NO4PS. The first kappa shape index (κ1) is 7.58. The molecule has 5 nitrogen and oxygen atoms in total. The maximum absolute atomic E-state index is 7.99. The minimum Gasteiger partial charge on any atom is -0.326 e. The van der Waals surface area contributed by atoms with Gasteiger partial charge in [-0.25, -0.2) is 0 Å². The average molecular weight is 147 g/mol. The molecule has 6 N–H and O–H groups in total. The molecule has 7 heteroatoms. The topological polar surface area (TPSA) is 107 Å². The number of hydrogen-bond donors (Lipinski definition) is 5. The molecule has 46 valence electrons. The van der Waals surface area contributed by atoms with Gasteiger partial charge in [-0.2, -0.15) is 0 Å². The molecular weight excluding hydrogens is 141 g/mol. The molecule has 0 amide bonds. The highest BCUT2D eigenvalue weighted by atomic mass is 32.5. The van der Waals surface area contributed by atoms with E-state index in [0.717, 1.165) is 0 Å². The summed E-state index contributed by atoms with van der Waals surface area (Å²) >= 11 is 0. The van der Waals surface area contributed by atoms with Crippen LogP contribution in [0.2, 0.25) is 0 Å². The SMILES string of the molecule is NS(O)=P(O)(O)O. The van der Waals surface area contributed by atoms with Gasteiger partial charge in [-0.15, -0.1) is 0 Å². The van der Waals surface area contributed by atoms with Crippen LogP contribution in [0.15, 0.2) is 0 Å². The highest BCUT2D eigenvalue weighted by Gasteiger charge is 2.04. The molecule has 0 aromatic heterocycles. The Morgan fingerprint density at radius 2 is 1.43 bits per heavy atom. The van der Waals surface area contributed by atoms with E-state index in [1.807, 2.05) is 0 Å². The summed E-state index contributed by atoms with van der Waals surface area (Å²) in [5.74, 6) is 0. The van der Waals surface area contributed by atoms with E-state index in [2.05, 4.69) is 5.14 Å². The lowest BCUT2D eigenvalue weighted by Crippen LogP contribution is -2.02. The van der Waals surface area contributed by atoms with Crippen LogP contribution in [-0.2, 0) is 10.5 Å². The first-order valence-corrected chi connectivity index (χ1v) is 4.70. The van der Waals surface area contributed by atoms with Crippen LogP contribution in [0.25, 0.3) is 0 Å². The number of hydrogen-bond acceptors (Lipinski definition) is 0. The second-order valence-corrected chi connectivity index (χ2v) is 5.01. The van der Waals surface area contributed by atoms with Gasteiger partial charge in [0.2, 0.25) is 0 Å². The second kappa shape index (κ2) is 2.23. The van der Waals surface area contributed by atoms with Gasteiger partial charge in [0, 0.05) is 0 Å². The summed E-state index contributed by atoms with van der Waals surface area (Å²) in [5.41, 5.74) is 0. The van der Waals surface area contributed by atoms with Crippen molar-refractivity contribution in [2.45, 2.75) is 0 Å². The predicted octanol–water partition coefficient (Wildman–Crippen LogP) is -1.39. The van der Waals surface area contributed by atoms with Crippen LogP contribution in [0.5, 0.6) is 0 Å². The molecule has 0 aliphatic rings. The Labute approximate surface area is 42.6 Å². The van der Waals surface area contributed by atoms with E-state index >= 15 is 0 Å². The van der Waals surface area contributed by atoms with Gasteiger partial charge in [-0.1, -0.05) is 0 Å². The standard InChI is InChI=1S/H6NO4PS/c1-7(5)6(2,3)4/h2-5H,1H2. The molecule has 0 saturated heterocycles. The van der Waals surface area contributed by atoms with Crippen LogP contribution in [0.3, 0.4) is 0 Å². The minimum atomic E-state index is -4.13. The quantitative estimate of drug-likeness (QED) is 0.271. The zero-order chi connectivity index (χ0) is 6.08. The van der Waals surface area contributed by atoms with Crippen molar-refractivity contribution in [1.82, 2.24) is 0 Å². The van der Waals surface area contributed by atoms with E-state index in [9.17, 15) is 0 Å². The summed E-state index contributed by atoms with van der Waals surface area (Å²) in [6, 6.07) is 0. The third-order valence-corrected chi connectivity index (χ3v) is 2.26. The van der Waals surface area contributed by atoms with Crippen molar-refractivity contribution >= 4 is 17.3 Å². The van der Waals surface area contributed by atoms with Gasteiger partial charge >= 0.3 is 6.72 Å². The Kier molecular flexibility index (Phi) is 2.42. The average Bonchev–Trinajstić information content (AvgIpc) is 1.31. The molecule has 0 aliphatic heterocycles. The number of nitrogens with two attached hydrogens (primary N) is 1. The summed E-state index contributed by atoms with van der Waals surface area (Å²) in [6.45, 7) is -4.13. The fourth-order valence-electron chi connectivity index (χ4n) is 0. The van der Waals surface area contributed by atoms with Gasteiger partial charge in [-0.3, -0.25) is 5.14 Å². The Hall–Kier alpha value is 0.580. The lowest BCUT2D eigenvalue weighted by Gasteiger charge is -2.01. The van der Waals surface area contributed by atoms with Crippen molar-refractivity contribution in [3.05, 3.63) is 0 Å². The first-order chi connectivity index (χ1) is 2.94. The first-order valence-electron chi connectivity index (χ1n) is 1.20. The molecule has 0 radical (unpaired) electrons. The Morgan fingerprint density at radius 1 is 1.29 bits per heavy atom. The summed E-state index contributed by atoms with van der Waals surface area (Å²) in [7, 11) is -2.16. The van der Waals surface area contributed by atoms with Crippen LogP contribution in [0.1, 0.15) is 0 Å². The highest BCUT2D eigenvalue weighted by molar-refractivity contribution is 8.23. The van der Waals surface area contributed by atoms with E-state index in [0.29, 0.717) is 0 Å². The normalized spacial score (nSPS) is 16.7. The molecule has 0 aliphatic carbocycles. The monoisotopic (exact) mass is 147 g/mol. The van der Waals surface area contributed by atoms with Crippen LogP contribution in [-0.4, -0.2) is 19.2 Å².